The van der Waals surface area contributed by atoms with Gasteiger partial charge in [-0.05, 0) is 31.0 Å². The molecule has 0 amide bonds. The molecule has 0 bridgehead atoms. The fourth-order valence-corrected chi connectivity index (χ4v) is 3.06. The van der Waals surface area contributed by atoms with Crippen LogP contribution in [-0.4, -0.2) is 24.7 Å². The minimum absolute atomic E-state index is 0.180. The molecule has 0 spiro atoms. The Bertz CT molecular complexity index is 596. The van der Waals surface area contributed by atoms with E-state index in [1.807, 2.05) is 0 Å². The van der Waals surface area contributed by atoms with E-state index >= 15 is 0 Å². The summed E-state index contributed by atoms with van der Waals surface area (Å²) in [6.45, 7) is 0. The molecule has 0 saturated heterocycles. The number of nitrogens with two attached hydrogens (primary N) is 1. The molecule has 98 valence electrons. The molecule has 8 heteroatoms. The zero-order chi connectivity index (χ0) is 13.3. The van der Waals surface area contributed by atoms with Gasteiger partial charge in [-0.2, -0.15) is 0 Å². The standard InChI is InChI=1S/C10H12ClN3O3S/c11-6-1-4-8(10(12)13-15)9(5-6)14-18(16,17)7-2-3-7/h1,4-5,7,14-15H,2-3H2,(H2,12,13). The van der Waals surface area contributed by atoms with Crippen molar-refractivity contribution in [1.82, 2.24) is 0 Å². The molecule has 0 atom stereocenters. The van der Waals surface area contributed by atoms with Crippen LogP contribution in [0.5, 0.6) is 0 Å². The van der Waals surface area contributed by atoms with Crippen LogP contribution in [0, 0.1) is 0 Å². The number of nitrogens with zero attached hydrogens (tertiary/aromatic N) is 1. The summed E-state index contributed by atoms with van der Waals surface area (Å²) in [4.78, 5) is 0. The van der Waals surface area contributed by atoms with E-state index in [2.05, 4.69) is 9.88 Å². The molecule has 0 radical (unpaired) electrons. The monoisotopic (exact) mass is 289 g/mol. The van der Waals surface area contributed by atoms with Crippen molar-refractivity contribution in [3.63, 3.8) is 0 Å². The first kappa shape index (κ1) is 13.0. The Labute approximate surface area is 109 Å². The van der Waals surface area contributed by atoms with E-state index in [1.165, 1.54) is 18.2 Å². The van der Waals surface area contributed by atoms with E-state index in [4.69, 9.17) is 22.5 Å². The van der Waals surface area contributed by atoms with Gasteiger partial charge in [0, 0.05) is 10.6 Å². The molecule has 6 nitrogen and oxygen atoms in total. The lowest BCUT2D eigenvalue weighted by Crippen LogP contribution is -2.21. The van der Waals surface area contributed by atoms with E-state index in [0.717, 1.165) is 0 Å². The van der Waals surface area contributed by atoms with Gasteiger partial charge in [0.15, 0.2) is 5.84 Å². The second-order valence-electron chi connectivity index (χ2n) is 4.02. The molecule has 0 aromatic heterocycles. The number of nitrogens with one attached hydrogen (secondary N) is 1. The highest BCUT2D eigenvalue weighted by Gasteiger charge is 2.36. The summed E-state index contributed by atoms with van der Waals surface area (Å²) in [6, 6.07) is 4.45. The van der Waals surface area contributed by atoms with Crippen LogP contribution in [0.2, 0.25) is 5.02 Å². The van der Waals surface area contributed by atoms with Crippen molar-refractivity contribution in [2.75, 3.05) is 4.72 Å². The third-order valence-corrected chi connectivity index (χ3v) is 4.67. The summed E-state index contributed by atoms with van der Waals surface area (Å²) in [5.74, 6) is -0.180. The zero-order valence-electron chi connectivity index (χ0n) is 9.30. The fourth-order valence-electron chi connectivity index (χ4n) is 1.49. The molecule has 1 aromatic rings. The zero-order valence-corrected chi connectivity index (χ0v) is 10.9. The maximum Gasteiger partial charge on any atom is 0.235 e. The van der Waals surface area contributed by atoms with Crippen LogP contribution in [0.3, 0.4) is 0 Å². The van der Waals surface area contributed by atoms with E-state index in [-0.39, 0.29) is 22.3 Å². The molecule has 18 heavy (non-hydrogen) atoms. The van der Waals surface area contributed by atoms with Crippen LogP contribution in [0.15, 0.2) is 23.4 Å². The molecular formula is C10H12ClN3O3S. The van der Waals surface area contributed by atoms with Crippen LogP contribution in [0.4, 0.5) is 5.69 Å². The summed E-state index contributed by atoms with van der Waals surface area (Å²) < 4.78 is 26.1. The molecule has 0 aliphatic heterocycles. The van der Waals surface area contributed by atoms with E-state index in [1.54, 1.807) is 0 Å². The van der Waals surface area contributed by atoms with Gasteiger partial charge < -0.3 is 10.9 Å². The van der Waals surface area contributed by atoms with Gasteiger partial charge in [0.1, 0.15) is 0 Å². The number of hydrogen-bond donors (Lipinski definition) is 3. The molecule has 1 aromatic carbocycles. The van der Waals surface area contributed by atoms with E-state index in [0.29, 0.717) is 17.9 Å². The van der Waals surface area contributed by atoms with Gasteiger partial charge in [0.2, 0.25) is 10.0 Å². The molecular weight excluding hydrogens is 278 g/mol. The van der Waals surface area contributed by atoms with Gasteiger partial charge in [0.25, 0.3) is 0 Å². The van der Waals surface area contributed by atoms with Crippen molar-refractivity contribution in [2.45, 2.75) is 18.1 Å². The maximum absolute atomic E-state index is 11.8. The lowest BCUT2D eigenvalue weighted by atomic mass is 10.1. The molecule has 1 fully saturated rings. The van der Waals surface area contributed by atoms with Crippen LogP contribution >= 0.6 is 11.6 Å². The Morgan fingerprint density at radius 2 is 2.17 bits per heavy atom. The highest BCUT2D eigenvalue weighted by Crippen LogP contribution is 2.31. The summed E-state index contributed by atoms with van der Waals surface area (Å²) in [5, 5.41) is 11.5. The number of oxime groups is 1. The normalized spacial score (nSPS) is 16.6. The number of sulfonamides is 1. The predicted octanol–water partition coefficient (Wildman–Crippen LogP) is 1.34. The van der Waals surface area contributed by atoms with Gasteiger partial charge in [0.05, 0.1) is 10.9 Å². The molecule has 4 N–H and O–H groups in total. The van der Waals surface area contributed by atoms with Crippen molar-refractivity contribution < 1.29 is 13.6 Å². The molecule has 2 rings (SSSR count). The number of rotatable bonds is 4. The highest BCUT2D eigenvalue weighted by atomic mass is 35.5. The summed E-state index contributed by atoms with van der Waals surface area (Å²) >= 11 is 5.81. The average molecular weight is 290 g/mol. The molecule has 1 aliphatic carbocycles. The minimum Gasteiger partial charge on any atom is -0.409 e. The van der Waals surface area contributed by atoms with Crippen molar-refractivity contribution in [1.29, 1.82) is 0 Å². The van der Waals surface area contributed by atoms with Gasteiger partial charge in [-0.3, -0.25) is 4.72 Å². The average Bonchev–Trinajstić information content (AvgIpc) is 3.11. The van der Waals surface area contributed by atoms with Gasteiger partial charge >= 0.3 is 0 Å². The van der Waals surface area contributed by atoms with Crippen LogP contribution in [0.25, 0.3) is 0 Å². The lowest BCUT2D eigenvalue weighted by Gasteiger charge is -2.11. The first-order chi connectivity index (χ1) is 8.44. The number of anilines is 1. The van der Waals surface area contributed by atoms with Crippen LogP contribution in [0.1, 0.15) is 18.4 Å². The third kappa shape index (κ3) is 2.68. The Morgan fingerprint density at radius 3 is 2.72 bits per heavy atom. The summed E-state index contributed by atoms with van der Waals surface area (Å²) in [7, 11) is -3.42. The second-order valence-corrected chi connectivity index (χ2v) is 6.42. The number of hydrogen-bond acceptors (Lipinski definition) is 4. The Morgan fingerprint density at radius 1 is 1.50 bits per heavy atom. The topological polar surface area (TPSA) is 105 Å². The van der Waals surface area contributed by atoms with Crippen LogP contribution < -0.4 is 10.5 Å². The largest absolute Gasteiger partial charge is 0.409 e. The number of halogens is 1. The van der Waals surface area contributed by atoms with E-state index in [9.17, 15) is 8.42 Å². The Hall–Kier alpha value is -1.47. The lowest BCUT2D eigenvalue weighted by molar-refractivity contribution is 0.318. The minimum atomic E-state index is -3.42. The quantitative estimate of drug-likeness (QED) is 0.337. The molecule has 0 unspecified atom stereocenters. The number of amidine groups is 1. The van der Waals surface area contributed by atoms with Gasteiger partial charge in [-0.25, -0.2) is 8.42 Å². The predicted molar refractivity (Wildman–Crippen MR) is 69.5 cm³/mol. The summed E-state index contributed by atoms with van der Waals surface area (Å²) in [5.41, 5.74) is 5.97. The van der Waals surface area contributed by atoms with E-state index < -0.39 is 10.0 Å². The highest BCUT2D eigenvalue weighted by molar-refractivity contribution is 7.93. The van der Waals surface area contributed by atoms with Crippen LogP contribution in [-0.2, 0) is 10.0 Å². The maximum atomic E-state index is 11.8. The molecule has 1 saturated carbocycles. The van der Waals surface area contributed by atoms with Crippen molar-refractivity contribution >= 4 is 33.1 Å². The van der Waals surface area contributed by atoms with Crippen molar-refractivity contribution in [3.8, 4) is 0 Å². The Balaban J connectivity index is 2.39. The third-order valence-electron chi connectivity index (χ3n) is 2.58. The summed E-state index contributed by atoms with van der Waals surface area (Å²) in [6.07, 6.45) is 1.30. The first-order valence-electron chi connectivity index (χ1n) is 5.23. The van der Waals surface area contributed by atoms with Crippen molar-refractivity contribution in [2.24, 2.45) is 10.9 Å². The Kier molecular flexibility index (Phi) is 3.36. The smallest absolute Gasteiger partial charge is 0.235 e. The van der Waals surface area contributed by atoms with Gasteiger partial charge in [-0.1, -0.05) is 16.8 Å². The number of benzene rings is 1. The molecule has 1 aliphatic rings. The van der Waals surface area contributed by atoms with Gasteiger partial charge in [-0.15, -0.1) is 0 Å². The fraction of sp³-hybridized carbons (Fsp3) is 0.300. The first-order valence-corrected chi connectivity index (χ1v) is 7.15. The second kappa shape index (κ2) is 4.66. The SMILES string of the molecule is NC(=NO)c1ccc(Cl)cc1NS(=O)(=O)C1CC1. The van der Waals surface area contributed by atoms with Crippen molar-refractivity contribution in [3.05, 3.63) is 28.8 Å². The molecule has 0 heterocycles.